The number of nitrogens with zero attached hydrogens (tertiary/aromatic N) is 1. The summed E-state index contributed by atoms with van der Waals surface area (Å²) >= 11 is 0. The van der Waals surface area contributed by atoms with E-state index in [1.165, 1.54) is 18.6 Å². The van der Waals surface area contributed by atoms with Crippen molar-refractivity contribution in [2.75, 3.05) is 19.7 Å². The second-order valence-electron chi connectivity index (χ2n) is 4.30. The Bertz CT molecular complexity index is 372. The van der Waals surface area contributed by atoms with Gasteiger partial charge in [-0.2, -0.15) is 0 Å². The van der Waals surface area contributed by atoms with E-state index in [4.69, 9.17) is 4.74 Å². The van der Waals surface area contributed by atoms with Crippen LogP contribution in [0.3, 0.4) is 0 Å². The maximum absolute atomic E-state index is 10.5. The van der Waals surface area contributed by atoms with E-state index < -0.39 is 4.92 Å². The van der Waals surface area contributed by atoms with Crippen molar-refractivity contribution in [1.82, 2.24) is 5.32 Å². The van der Waals surface area contributed by atoms with Gasteiger partial charge in [-0.25, -0.2) is 0 Å². The minimum absolute atomic E-state index is 0.119. The third-order valence-electron chi connectivity index (χ3n) is 2.93. The highest BCUT2D eigenvalue weighted by atomic mass is 16.6. The molecule has 0 saturated carbocycles. The van der Waals surface area contributed by atoms with E-state index in [9.17, 15) is 10.1 Å². The summed E-state index contributed by atoms with van der Waals surface area (Å²) in [6, 6.07) is 6.50. The van der Waals surface area contributed by atoms with Gasteiger partial charge in [0.15, 0.2) is 0 Å². The number of nitro benzene ring substituents is 1. The molecule has 2 rings (SSSR count). The van der Waals surface area contributed by atoms with Crippen molar-refractivity contribution in [2.45, 2.75) is 13.0 Å². The van der Waals surface area contributed by atoms with Crippen LogP contribution in [0.2, 0.25) is 0 Å². The molecule has 0 spiro atoms. The molecule has 0 radical (unpaired) electrons. The van der Waals surface area contributed by atoms with Crippen LogP contribution in [0.15, 0.2) is 24.3 Å². The molecular formula is C12H16N2O3. The number of hydrogen-bond acceptors (Lipinski definition) is 4. The van der Waals surface area contributed by atoms with Crippen LogP contribution in [0.25, 0.3) is 0 Å². The molecular weight excluding hydrogens is 220 g/mol. The van der Waals surface area contributed by atoms with Crippen LogP contribution in [0.4, 0.5) is 5.69 Å². The fourth-order valence-corrected chi connectivity index (χ4v) is 1.91. The Labute approximate surface area is 99.9 Å². The lowest BCUT2D eigenvalue weighted by molar-refractivity contribution is -0.384. The molecule has 0 amide bonds. The molecule has 92 valence electrons. The van der Waals surface area contributed by atoms with Gasteiger partial charge in [-0.1, -0.05) is 0 Å². The van der Waals surface area contributed by atoms with Crippen molar-refractivity contribution < 1.29 is 9.66 Å². The second kappa shape index (κ2) is 5.75. The fraction of sp³-hybridized carbons (Fsp3) is 0.500. The van der Waals surface area contributed by atoms with E-state index >= 15 is 0 Å². The predicted octanol–water partition coefficient (Wildman–Crippen LogP) is 1.72. The SMILES string of the molecule is O=[N+]([O-])c1ccc(COCC2CCNC2)cc1. The third-order valence-corrected chi connectivity index (χ3v) is 2.93. The van der Waals surface area contributed by atoms with Gasteiger partial charge >= 0.3 is 0 Å². The van der Waals surface area contributed by atoms with Gasteiger partial charge in [0, 0.05) is 18.7 Å². The minimum Gasteiger partial charge on any atom is -0.376 e. The van der Waals surface area contributed by atoms with Gasteiger partial charge in [0.2, 0.25) is 0 Å². The summed E-state index contributed by atoms with van der Waals surface area (Å²) < 4.78 is 5.59. The largest absolute Gasteiger partial charge is 0.376 e. The number of nitrogens with one attached hydrogen (secondary N) is 1. The molecule has 5 nitrogen and oxygen atoms in total. The highest BCUT2D eigenvalue weighted by Gasteiger charge is 2.14. The first-order valence-corrected chi connectivity index (χ1v) is 5.77. The highest BCUT2D eigenvalue weighted by Crippen LogP contribution is 2.13. The number of nitro groups is 1. The van der Waals surface area contributed by atoms with E-state index in [-0.39, 0.29) is 5.69 Å². The Morgan fingerprint density at radius 1 is 1.41 bits per heavy atom. The summed E-state index contributed by atoms with van der Waals surface area (Å²) in [5.41, 5.74) is 1.09. The second-order valence-corrected chi connectivity index (χ2v) is 4.30. The third kappa shape index (κ3) is 3.51. The van der Waals surface area contributed by atoms with Gasteiger partial charge in [0.25, 0.3) is 5.69 Å². The molecule has 1 unspecified atom stereocenters. The van der Waals surface area contributed by atoms with Gasteiger partial charge < -0.3 is 10.1 Å². The standard InChI is InChI=1S/C12H16N2O3/c15-14(16)12-3-1-10(2-4-12)8-17-9-11-5-6-13-7-11/h1-4,11,13H,5-9H2. The molecule has 1 aromatic carbocycles. The normalized spacial score (nSPS) is 19.4. The Hall–Kier alpha value is -1.46. The van der Waals surface area contributed by atoms with Crippen LogP contribution in [0, 0.1) is 16.0 Å². The van der Waals surface area contributed by atoms with Crippen LogP contribution < -0.4 is 5.32 Å². The van der Waals surface area contributed by atoms with Crippen molar-refractivity contribution in [3.8, 4) is 0 Å². The van der Waals surface area contributed by atoms with Crippen LogP contribution in [-0.4, -0.2) is 24.6 Å². The maximum Gasteiger partial charge on any atom is 0.269 e. The molecule has 1 saturated heterocycles. The Morgan fingerprint density at radius 2 is 2.18 bits per heavy atom. The number of rotatable bonds is 5. The van der Waals surface area contributed by atoms with E-state index in [2.05, 4.69) is 5.32 Å². The summed E-state index contributed by atoms with van der Waals surface area (Å²) in [4.78, 5) is 10.1. The zero-order valence-corrected chi connectivity index (χ0v) is 9.59. The molecule has 1 N–H and O–H groups in total. The van der Waals surface area contributed by atoms with E-state index in [1.807, 2.05) is 0 Å². The lowest BCUT2D eigenvalue weighted by Gasteiger charge is -2.09. The van der Waals surface area contributed by atoms with Crippen molar-refractivity contribution in [3.05, 3.63) is 39.9 Å². The predicted molar refractivity (Wildman–Crippen MR) is 63.7 cm³/mol. The Balaban J connectivity index is 1.76. The number of ether oxygens (including phenoxy) is 1. The summed E-state index contributed by atoms with van der Waals surface area (Å²) in [5.74, 6) is 0.605. The summed E-state index contributed by atoms with van der Waals surface area (Å²) in [5, 5.41) is 13.8. The first-order chi connectivity index (χ1) is 8.25. The molecule has 0 aliphatic carbocycles. The maximum atomic E-state index is 10.5. The quantitative estimate of drug-likeness (QED) is 0.624. The molecule has 0 bridgehead atoms. The topological polar surface area (TPSA) is 64.4 Å². The van der Waals surface area contributed by atoms with E-state index in [0.29, 0.717) is 12.5 Å². The molecule has 1 fully saturated rings. The zero-order chi connectivity index (χ0) is 12.1. The van der Waals surface area contributed by atoms with Crippen molar-refractivity contribution in [1.29, 1.82) is 0 Å². The average molecular weight is 236 g/mol. The van der Waals surface area contributed by atoms with Crippen LogP contribution in [0.5, 0.6) is 0 Å². The smallest absolute Gasteiger partial charge is 0.269 e. The number of hydrogen-bond donors (Lipinski definition) is 1. The first-order valence-electron chi connectivity index (χ1n) is 5.77. The number of benzene rings is 1. The summed E-state index contributed by atoms with van der Waals surface area (Å²) in [7, 11) is 0. The van der Waals surface area contributed by atoms with E-state index in [0.717, 1.165) is 25.3 Å². The minimum atomic E-state index is -0.394. The summed E-state index contributed by atoms with van der Waals surface area (Å²) in [6.45, 7) is 3.38. The summed E-state index contributed by atoms with van der Waals surface area (Å²) in [6.07, 6.45) is 1.17. The van der Waals surface area contributed by atoms with Gasteiger partial charge in [0.05, 0.1) is 18.1 Å². The fourth-order valence-electron chi connectivity index (χ4n) is 1.91. The van der Waals surface area contributed by atoms with Gasteiger partial charge in [-0.3, -0.25) is 10.1 Å². The monoisotopic (exact) mass is 236 g/mol. The van der Waals surface area contributed by atoms with Crippen LogP contribution in [0.1, 0.15) is 12.0 Å². The Kier molecular flexibility index (Phi) is 4.06. The van der Waals surface area contributed by atoms with Crippen molar-refractivity contribution >= 4 is 5.69 Å². The first kappa shape index (κ1) is 12.0. The average Bonchev–Trinajstić information content (AvgIpc) is 2.83. The molecule has 1 atom stereocenters. The molecule has 5 heteroatoms. The van der Waals surface area contributed by atoms with E-state index in [1.54, 1.807) is 12.1 Å². The molecule has 17 heavy (non-hydrogen) atoms. The molecule has 1 aliphatic rings. The lowest BCUT2D eigenvalue weighted by Crippen LogP contribution is -2.13. The number of non-ortho nitro benzene ring substituents is 1. The molecule has 1 heterocycles. The van der Waals surface area contributed by atoms with Crippen molar-refractivity contribution in [2.24, 2.45) is 5.92 Å². The Morgan fingerprint density at radius 3 is 2.76 bits per heavy atom. The zero-order valence-electron chi connectivity index (χ0n) is 9.59. The molecule has 1 aliphatic heterocycles. The van der Waals surface area contributed by atoms with Gasteiger partial charge in [-0.15, -0.1) is 0 Å². The molecule has 0 aromatic heterocycles. The van der Waals surface area contributed by atoms with Gasteiger partial charge in [0.1, 0.15) is 0 Å². The van der Waals surface area contributed by atoms with Gasteiger partial charge in [-0.05, 0) is 36.6 Å². The van der Waals surface area contributed by atoms with Crippen LogP contribution in [-0.2, 0) is 11.3 Å². The van der Waals surface area contributed by atoms with Crippen molar-refractivity contribution in [3.63, 3.8) is 0 Å². The lowest BCUT2D eigenvalue weighted by atomic mass is 10.1. The highest BCUT2D eigenvalue weighted by molar-refractivity contribution is 5.32. The molecule has 1 aromatic rings. The van der Waals surface area contributed by atoms with Crippen LogP contribution >= 0.6 is 0 Å².